The Labute approximate surface area is 273 Å². The molecule has 0 aliphatic carbocycles. The Hall–Kier alpha value is -5.03. The number of ether oxygens (including phenoxy) is 3. The standard InChI is InChI=1S/C37H38N4O6/c1-2-45-35(43)21-39-37(44)38-20-29-7-3-4-8-31(29)26-15-17-28(18-16-26)36-46-30(22-41-24-40-32-9-5-6-10-33(32)41)19-34(47-36)27-13-11-25(23-42)12-14-27/h3-18,24,30,34,36,42H,2,19-23H2,1H3,(H2,38,39,44)/t30-,34+,36+/m0/s1. The SMILES string of the molecule is CCOC(=O)CNC(=O)NCc1ccccc1-c1ccc([C@@H]2O[C@H](Cn3cnc4ccccc43)C[C@H](c3ccc(CO)cc3)O2)cc1. The van der Waals surface area contributed by atoms with Crippen LogP contribution in [0.2, 0.25) is 0 Å². The van der Waals surface area contributed by atoms with Crippen LogP contribution in [-0.4, -0.2) is 45.9 Å². The van der Waals surface area contributed by atoms with E-state index in [1.54, 1.807) is 6.92 Å². The number of amides is 2. The number of esters is 1. The molecule has 6 rings (SSSR count). The molecule has 1 saturated heterocycles. The number of nitrogens with one attached hydrogen (secondary N) is 2. The number of carbonyl (C=O) groups excluding carboxylic acids is 2. The third kappa shape index (κ3) is 7.86. The first kappa shape index (κ1) is 31.9. The van der Waals surface area contributed by atoms with E-state index in [2.05, 4.69) is 26.3 Å². The summed E-state index contributed by atoms with van der Waals surface area (Å²) in [4.78, 5) is 28.4. The molecule has 1 fully saturated rings. The Balaban J connectivity index is 1.18. The van der Waals surface area contributed by atoms with E-state index in [4.69, 9.17) is 14.2 Å². The lowest BCUT2D eigenvalue weighted by atomic mass is 9.97. The molecule has 0 unspecified atom stereocenters. The van der Waals surface area contributed by atoms with Crippen molar-refractivity contribution in [3.63, 3.8) is 0 Å². The average Bonchev–Trinajstić information content (AvgIpc) is 3.52. The number of fused-ring (bicyclic) bond motifs is 1. The van der Waals surface area contributed by atoms with Gasteiger partial charge in [0.15, 0.2) is 6.29 Å². The number of aromatic nitrogens is 2. The van der Waals surface area contributed by atoms with Gasteiger partial charge < -0.3 is 34.5 Å². The number of carbonyl (C=O) groups is 2. The Kier molecular flexibility index (Phi) is 10.2. The third-order valence-corrected chi connectivity index (χ3v) is 8.19. The molecule has 0 bridgehead atoms. The number of rotatable bonds is 11. The number of urea groups is 1. The van der Waals surface area contributed by atoms with Crippen molar-refractivity contribution >= 4 is 23.0 Å². The van der Waals surface area contributed by atoms with Crippen LogP contribution in [-0.2, 0) is 38.7 Å². The fourth-order valence-electron chi connectivity index (χ4n) is 5.79. The number of nitrogens with zero attached hydrogens (tertiary/aromatic N) is 2. The van der Waals surface area contributed by atoms with Crippen molar-refractivity contribution in [3.8, 4) is 11.1 Å². The van der Waals surface area contributed by atoms with Crippen molar-refractivity contribution in [1.29, 1.82) is 0 Å². The first-order valence-corrected chi connectivity index (χ1v) is 15.8. The van der Waals surface area contributed by atoms with Gasteiger partial charge in [-0.1, -0.05) is 84.9 Å². The number of aliphatic hydroxyl groups excluding tert-OH is 1. The lowest BCUT2D eigenvalue weighted by Crippen LogP contribution is -2.38. The highest BCUT2D eigenvalue weighted by molar-refractivity contribution is 5.81. The molecule has 2 heterocycles. The highest BCUT2D eigenvalue weighted by Crippen LogP contribution is 2.39. The van der Waals surface area contributed by atoms with Crippen LogP contribution in [0.25, 0.3) is 22.2 Å². The predicted octanol–water partition coefficient (Wildman–Crippen LogP) is 5.80. The van der Waals surface area contributed by atoms with Crippen molar-refractivity contribution in [2.45, 2.75) is 51.5 Å². The molecule has 5 aromatic rings. The summed E-state index contributed by atoms with van der Waals surface area (Å²) in [5, 5.41) is 14.9. The van der Waals surface area contributed by atoms with Crippen LogP contribution in [0.15, 0.2) is 103 Å². The molecule has 10 nitrogen and oxygen atoms in total. The summed E-state index contributed by atoms with van der Waals surface area (Å²) < 4.78 is 20.1. The van der Waals surface area contributed by atoms with Crippen molar-refractivity contribution in [1.82, 2.24) is 20.2 Å². The molecule has 0 saturated carbocycles. The lowest BCUT2D eigenvalue weighted by Gasteiger charge is -2.36. The summed E-state index contributed by atoms with van der Waals surface area (Å²) in [6.07, 6.45) is 1.57. The van der Waals surface area contributed by atoms with E-state index >= 15 is 0 Å². The minimum Gasteiger partial charge on any atom is -0.465 e. The van der Waals surface area contributed by atoms with Gasteiger partial charge in [-0.05, 0) is 46.9 Å². The minimum atomic E-state index is -0.597. The van der Waals surface area contributed by atoms with Gasteiger partial charge in [0.2, 0.25) is 0 Å². The lowest BCUT2D eigenvalue weighted by molar-refractivity contribution is -0.252. The van der Waals surface area contributed by atoms with Crippen LogP contribution < -0.4 is 10.6 Å². The van der Waals surface area contributed by atoms with Gasteiger partial charge in [-0.3, -0.25) is 4.79 Å². The van der Waals surface area contributed by atoms with Gasteiger partial charge in [0.05, 0.1) is 49.3 Å². The van der Waals surface area contributed by atoms with E-state index in [1.165, 1.54) is 0 Å². The molecule has 242 valence electrons. The van der Waals surface area contributed by atoms with Crippen LogP contribution in [0, 0.1) is 0 Å². The first-order valence-electron chi connectivity index (χ1n) is 15.8. The van der Waals surface area contributed by atoms with E-state index in [0.29, 0.717) is 13.0 Å². The van der Waals surface area contributed by atoms with Crippen molar-refractivity contribution in [3.05, 3.63) is 126 Å². The fourth-order valence-corrected chi connectivity index (χ4v) is 5.79. The second kappa shape index (κ2) is 15.0. The zero-order valence-corrected chi connectivity index (χ0v) is 26.2. The summed E-state index contributed by atoms with van der Waals surface area (Å²) >= 11 is 0. The van der Waals surface area contributed by atoms with Gasteiger partial charge in [-0.25, -0.2) is 9.78 Å². The molecule has 3 atom stereocenters. The Bertz CT molecular complexity index is 1800. The molecule has 1 aliphatic heterocycles. The molecule has 3 N–H and O–H groups in total. The summed E-state index contributed by atoms with van der Waals surface area (Å²) in [7, 11) is 0. The van der Waals surface area contributed by atoms with Crippen LogP contribution in [0.1, 0.15) is 48.0 Å². The number of aliphatic hydroxyl groups is 1. The molecule has 0 radical (unpaired) electrons. The quantitative estimate of drug-likeness (QED) is 0.157. The van der Waals surface area contributed by atoms with Gasteiger partial charge in [-0.15, -0.1) is 0 Å². The molecular formula is C37H38N4O6. The van der Waals surface area contributed by atoms with Crippen molar-refractivity contribution < 1.29 is 28.9 Å². The Morgan fingerprint density at radius 1 is 0.915 bits per heavy atom. The molecule has 1 aliphatic rings. The molecule has 1 aromatic heterocycles. The predicted molar refractivity (Wildman–Crippen MR) is 177 cm³/mol. The Morgan fingerprint density at radius 3 is 2.45 bits per heavy atom. The summed E-state index contributed by atoms with van der Waals surface area (Å²) in [6.45, 7) is 2.68. The highest BCUT2D eigenvalue weighted by Gasteiger charge is 2.32. The highest BCUT2D eigenvalue weighted by atomic mass is 16.7. The smallest absolute Gasteiger partial charge is 0.325 e. The van der Waals surface area contributed by atoms with Crippen molar-refractivity contribution in [2.24, 2.45) is 0 Å². The second-order valence-corrected chi connectivity index (χ2v) is 11.4. The Morgan fingerprint density at radius 2 is 1.66 bits per heavy atom. The van der Waals surface area contributed by atoms with Crippen molar-refractivity contribution in [2.75, 3.05) is 13.2 Å². The molecule has 10 heteroatoms. The normalized spacial score (nSPS) is 17.7. The van der Waals surface area contributed by atoms with Crippen LogP contribution in [0.5, 0.6) is 0 Å². The number of para-hydroxylation sites is 2. The van der Waals surface area contributed by atoms with Gasteiger partial charge in [0, 0.05) is 18.5 Å². The molecule has 0 spiro atoms. The zero-order valence-electron chi connectivity index (χ0n) is 26.2. The molecule has 2 amide bonds. The van der Waals surface area contributed by atoms with Gasteiger partial charge >= 0.3 is 12.0 Å². The molecule has 47 heavy (non-hydrogen) atoms. The van der Waals surface area contributed by atoms with E-state index < -0.39 is 18.3 Å². The fraction of sp³-hybridized carbons (Fsp3) is 0.270. The minimum absolute atomic E-state index is 0.0118. The molecule has 4 aromatic carbocycles. The van der Waals surface area contributed by atoms with E-state index in [9.17, 15) is 14.7 Å². The number of hydrogen-bond donors (Lipinski definition) is 3. The zero-order chi connectivity index (χ0) is 32.6. The van der Waals surface area contributed by atoms with Crippen LogP contribution in [0.4, 0.5) is 4.79 Å². The topological polar surface area (TPSA) is 124 Å². The monoisotopic (exact) mass is 634 g/mol. The largest absolute Gasteiger partial charge is 0.465 e. The maximum atomic E-state index is 12.3. The molecular weight excluding hydrogens is 596 g/mol. The number of benzene rings is 4. The summed E-state index contributed by atoms with van der Waals surface area (Å²) in [5.41, 5.74) is 7.64. The maximum absolute atomic E-state index is 12.3. The van der Waals surface area contributed by atoms with E-state index in [1.807, 2.05) is 97.3 Å². The average molecular weight is 635 g/mol. The van der Waals surface area contributed by atoms with E-state index in [-0.39, 0.29) is 38.5 Å². The third-order valence-electron chi connectivity index (χ3n) is 8.19. The number of imidazole rings is 1. The van der Waals surface area contributed by atoms with Crippen LogP contribution >= 0.6 is 0 Å². The van der Waals surface area contributed by atoms with Gasteiger partial charge in [-0.2, -0.15) is 0 Å². The second-order valence-electron chi connectivity index (χ2n) is 11.4. The van der Waals surface area contributed by atoms with Gasteiger partial charge in [0.1, 0.15) is 6.54 Å². The first-order chi connectivity index (χ1) is 23.0. The summed E-state index contributed by atoms with van der Waals surface area (Å²) in [6, 6.07) is 31.4. The number of hydrogen-bond acceptors (Lipinski definition) is 7. The summed E-state index contributed by atoms with van der Waals surface area (Å²) in [5.74, 6) is -0.485. The van der Waals surface area contributed by atoms with Gasteiger partial charge in [0.25, 0.3) is 0 Å². The maximum Gasteiger partial charge on any atom is 0.325 e. The van der Waals surface area contributed by atoms with Crippen LogP contribution in [0.3, 0.4) is 0 Å². The van der Waals surface area contributed by atoms with E-state index in [0.717, 1.165) is 44.4 Å².